The van der Waals surface area contributed by atoms with Crippen LogP contribution in [0.3, 0.4) is 0 Å². The number of alkyl halides is 4. The molecule has 0 saturated heterocycles. The second-order valence-corrected chi connectivity index (χ2v) is 8.33. The minimum Gasteiger partial charge on any atom is -0.317 e. The van der Waals surface area contributed by atoms with Gasteiger partial charge >= 0.3 is 0 Å². The summed E-state index contributed by atoms with van der Waals surface area (Å²) in [6.45, 7) is 0.672. The Morgan fingerprint density at radius 2 is 1.86 bits per heavy atom. The summed E-state index contributed by atoms with van der Waals surface area (Å²) in [5.41, 5.74) is -1.60. The van der Waals surface area contributed by atoms with Gasteiger partial charge in [0.1, 0.15) is 17.5 Å². The molecule has 1 aliphatic carbocycles. The molecule has 11 heteroatoms. The third-order valence-corrected chi connectivity index (χ3v) is 5.95. The lowest BCUT2D eigenvalue weighted by Gasteiger charge is -2.26. The summed E-state index contributed by atoms with van der Waals surface area (Å²) < 4.78 is 85.1. The number of halogens is 6. The number of hydrogen-bond donors (Lipinski definition) is 0. The fraction of sp³-hybridized carbons (Fsp3) is 0.292. The van der Waals surface area contributed by atoms with Gasteiger partial charge in [0.05, 0.1) is 28.7 Å². The van der Waals surface area contributed by atoms with Gasteiger partial charge in [-0.2, -0.15) is 4.98 Å². The minimum atomic E-state index is -2.92. The summed E-state index contributed by atoms with van der Waals surface area (Å²) in [7, 11) is 0. The number of aryl methyl sites for hydroxylation is 1. The summed E-state index contributed by atoms with van der Waals surface area (Å²) in [6, 6.07) is 7.63. The topological polar surface area (TPSA) is 46.3 Å². The molecule has 0 aliphatic heterocycles. The van der Waals surface area contributed by atoms with Crippen molar-refractivity contribution < 1.29 is 26.3 Å². The molecule has 4 aromatic rings. The van der Waals surface area contributed by atoms with Crippen LogP contribution in [-0.2, 0) is 0 Å². The Kier molecular flexibility index (Phi) is 5.54. The third-order valence-electron chi connectivity index (χ3n) is 5.95. The van der Waals surface area contributed by atoms with Crippen LogP contribution >= 0.6 is 0 Å². The molecule has 0 bridgehead atoms. The zero-order valence-corrected chi connectivity index (χ0v) is 18.2. The molecular formula is C24H17F6N5. The van der Waals surface area contributed by atoms with Gasteiger partial charge < -0.3 is 4.90 Å². The van der Waals surface area contributed by atoms with Crippen LogP contribution < -0.4 is 4.90 Å². The first-order valence-corrected chi connectivity index (χ1v) is 10.7. The van der Waals surface area contributed by atoms with E-state index in [0.717, 1.165) is 11.0 Å². The van der Waals surface area contributed by atoms with E-state index in [1.54, 1.807) is 6.92 Å². The number of fused-ring (bicyclic) bond motifs is 3. The van der Waals surface area contributed by atoms with E-state index < -0.39 is 36.4 Å². The molecule has 180 valence electrons. The molecule has 2 aromatic carbocycles. The maximum atomic E-state index is 15.5. The summed E-state index contributed by atoms with van der Waals surface area (Å²) >= 11 is 0. The maximum absolute atomic E-state index is 15.5. The molecule has 5 rings (SSSR count). The first-order valence-electron chi connectivity index (χ1n) is 10.7. The molecule has 1 fully saturated rings. The third kappa shape index (κ3) is 4.03. The van der Waals surface area contributed by atoms with Crippen molar-refractivity contribution in [2.24, 2.45) is 5.41 Å². The number of hydrogen-bond acceptors (Lipinski definition) is 4. The standard InChI is InChI=1S/C24H17F6N5/c1-13-32-33-23-31-21(16-11-15(25)5-6-17(16)35(13)23)34(12-19(26)27)18-4-2-3-14(20(18)28)7-8-24(9-10-24)22(29)30/h2-6,11,19,22H,9-10,12H2,1H3. The van der Waals surface area contributed by atoms with Crippen molar-refractivity contribution in [1.82, 2.24) is 19.6 Å². The number of benzene rings is 2. The highest BCUT2D eigenvalue weighted by Crippen LogP contribution is 2.50. The Hall–Kier alpha value is -3.81. The van der Waals surface area contributed by atoms with Crippen molar-refractivity contribution in [2.75, 3.05) is 11.4 Å². The van der Waals surface area contributed by atoms with Gasteiger partial charge in [-0.25, -0.2) is 26.3 Å². The molecule has 35 heavy (non-hydrogen) atoms. The van der Waals surface area contributed by atoms with E-state index in [4.69, 9.17) is 0 Å². The molecule has 5 nitrogen and oxygen atoms in total. The highest BCUT2D eigenvalue weighted by Gasteiger charge is 2.50. The first kappa shape index (κ1) is 23.0. The van der Waals surface area contributed by atoms with E-state index in [1.165, 1.54) is 34.7 Å². The van der Waals surface area contributed by atoms with Crippen molar-refractivity contribution in [3.05, 3.63) is 59.4 Å². The lowest BCUT2D eigenvalue weighted by Crippen LogP contribution is -2.26. The summed E-state index contributed by atoms with van der Waals surface area (Å²) in [6.07, 6.45) is -5.18. The number of rotatable bonds is 5. The van der Waals surface area contributed by atoms with Gasteiger partial charge in [-0.15, -0.1) is 10.2 Å². The molecule has 0 unspecified atom stereocenters. The van der Waals surface area contributed by atoms with Crippen LogP contribution in [0.1, 0.15) is 24.2 Å². The molecule has 2 heterocycles. The molecule has 2 aromatic heterocycles. The Labute approximate surface area is 195 Å². The van der Waals surface area contributed by atoms with E-state index in [1.807, 2.05) is 0 Å². The summed E-state index contributed by atoms with van der Waals surface area (Å²) in [5.74, 6) is 3.60. The number of aromatic nitrogens is 4. The van der Waals surface area contributed by atoms with Crippen LogP contribution in [0.2, 0.25) is 0 Å². The Balaban J connectivity index is 1.70. The molecule has 0 atom stereocenters. The van der Waals surface area contributed by atoms with Crippen molar-refractivity contribution in [2.45, 2.75) is 32.6 Å². The predicted molar refractivity (Wildman–Crippen MR) is 117 cm³/mol. The van der Waals surface area contributed by atoms with Crippen molar-refractivity contribution in [3.63, 3.8) is 0 Å². The van der Waals surface area contributed by atoms with Gasteiger partial charge in [0.25, 0.3) is 18.6 Å². The molecule has 0 N–H and O–H groups in total. The van der Waals surface area contributed by atoms with E-state index in [0.29, 0.717) is 11.3 Å². The first-order chi connectivity index (χ1) is 16.7. The molecule has 1 aliphatic rings. The molecule has 0 amide bonds. The zero-order valence-electron chi connectivity index (χ0n) is 18.2. The maximum Gasteiger partial charge on any atom is 0.257 e. The van der Waals surface area contributed by atoms with Crippen LogP contribution in [0, 0.1) is 35.8 Å². The van der Waals surface area contributed by atoms with E-state index >= 15 is 4.39 Å². The second kappa shape index (κ2) is 8.45. The Morgan fingerprint density at radius 1 is 1.09 bits per heavy atom. The van der Waals surface area contributed by atoms with Gasteiger partial charge in [0.15, 0.2) is 5.82 Å². The monoisotopic (exact) mass is 489 g/mol. The molecule has 1 saturated carbocycles. The van der Waals surface area contributed by atoms with Gasteiger partial charge in [0, 0.05) is 5.39 Å². The average Bonchev–Trinajstić information content (AvgIpc) is 3.53. The predicted octanol–water partition coefficient (Wildman–Crippen LogP) is 5.66. The van der Waals surface area contributed by atoms with Crippen molar-refractivity contribution in [3.8, 4) is 11.8 Å². The summed E-state index contributed by atoms with van der Waals surface area (Å²) in [5, 5.41) is 8.00. The largest absolute Gasteiger partial charge is 0.317 e. The summed E-state index contributed by atoms with van der Waals surface area (Å²) in [4.78, 5) is 5.21. The highest BCUT2D eigenvalue weighted by molar-refractivity contribution is 5.93. The van der Waals surface area contributed by atoms with Crippen LogP contribution in [-0.4, -0.2) is 39.0 Å². The van der Waals surface area contributed by atoms with Gasteiger partial charge in [-0.3, -0.25) is 4.40 Å². The number of anilines is 2. The quantitative estimate of drug-likeness (QED) is 0.268. The van der Waals surface area contributed by atoms with Crippen LogP contribution in [0.25, 0.3) is 16.7 Å². The normalized spacial score (nSPS) is 14.5. The molecule has 0 radical (unpaired) electrons. The van der Waals surface area contributed by atoms with Crippen LogP contribution in [0.5, 0.6) is 0 Å². The fourth-order valence-electron chi connectivity index (χ4n) is 3.93. The lowest BCUT2D eigenvalue weighted by atomic mass is 10.1. The van der Waals surface area contributed by atoms with E-state index in [9.17, 15) is 22.0 Å². The molecule has 0 spiro atoms. The van der Waals surface area contributed by atoms with Crippen molar-refractivity contribution in [1.29, 1.82) is 0 Å². The van der Waals surface area contributed by atoms with Crippen molar-refractivity contribution >= 4 is 28.2 Å². The minimum absolute atomic E-state index is 0.0554. The van der Waals surface area contributed by atoms with Gasteiger partial charge in [0.2, 0.25) is 0 Å². The Morgan fingerprint density at radius 3 is 2.54 bits per heavy atom. The Bertz CT molecular complexity index is 1500. The van der Waals surface area contributed by atoms with Gasteiger partial charge in [-0.05, 0) is 50.1 Å². The van der Waals surface area contributed by atoms with E-state index in [-0.39, 0.29) is 41.1 Å². The lowest BCUT2D eigenvalue weighted by molar-refractivity contribution is 0.0921. The molecular weight excluding hydrogens is 472 g/mol. The van der Waals surface area contributed by atoms with Gasteiger partial charge in [-0.1, -0.05) is 17.9 Å². The second-order valence-electron chi connectivity index (χ2n) is 8.33. The number of nitrogens with zero attached hydrogens (tertiary/aromatic N) is 5. The highest BCUT2D eigenvalue weighted by atomic mass is 19.3. The van der Waals surface area contributed by atoms with Crippen LogP contribution in [0.4, 0.5) is 37.8 Å². The average molecular weight is 489 g/mol. The van der Waals surface area contributed by atoms with Crippen LogP contribution in [0.15, 0.2) is 36.4 Å². The SMILES string of the molecule is Cc1nnc2nc(N(CC(F)F)c3cccc(C#CC4(C(F)F)CC4)c3F)c3cc(F)ccc3n12. The van der Waals surface area contributed by atoms with E-state index in [2.05, 4.69) is 27.0 Å². The fourth-order valence-corrected chi connectivity index (χ4v) is 3.93. The smallest absolute Gasteiger partial charge is 0.257 e. The zero-order chi connectivity index (χ0) is 24.9.